The number of carbonyl (C=O) groups excluding carboxylic acids is 2. The highest BCUT2D eigenvalue weighted by Crippen LogP contribution is 2.36. The first-order valence-electron chi connectivity index (χ1n) is 6.78. The maximum Gasteiger partial charge on any atom is 0.266 e. The number of amides is 2. The molecule has 1 aromatic heterocycles. The van der Waals surface area contributed by atoms with E-state index in [0.717, 1.165) is 10.1 Å². The van der Waals surface area contributed by atoms with Gasteiger partial charge in [0.2, 0.25) is 5.91 Å². The second-order valence-corrected chi connectivity index (χ2v) is 6.79. The lowest BCUT2D eigenvalue weighted by Crippen LogP contribution is -2.38. The summed E-state index contributed by atoms with van der Waals surface area (Å²) in [5, 5.41) is 0.905. The van der Waals surface area contributed by atoms with Gasteiger partial charge in [-0.2, -0.15) is 0 Å². The van der Waals surface area contributed by atoms with Crippen LogP contribution < -0.4 is 11.5 Å². The fourth-order valence-electron chi connectivity index (χ4n) is 2.70. The molecule has 1 aliphatic rings. The molecule has 21 heavy (non-hydrogen) atoms. The number of benzene rings is 1. The number of hydrogen-bond donors (Lipinski definition) is 2. The van der Waals surface area contributed by atoms with Crippen molar-refractivity contribution in [1.82, 2.24) is 4.90 Å². The lowest BCUT2D eigenvalue weighted by molar-refractivity contribution is -0.126. The average Bonchev–Trinajstić information content (AvgIpc) is 3.01. The van der Waals surface area contributed by atoms with Crippen molar-refractivity contribution in [2.75, 3.05) is 18.8 Å². The number of anilines is 1. The van der Waals surface area contributed by atoms with E-state index in [4.69, 9.17) is 11.5 Å². The Hall–Kier alpha value is -2.08. The first-order valence-corrected chi connectivity index (χ1v) is 7.60. The summed E-state index contributed by atoms with van der Waals surface area (Å²) in [6.07, 6.45) is 0.596. The highest BCUT2D eigenvalue weighted by Gasteiger charge is 2.41. The molecule has 0 spiro atoms. The van der Waals surface area contributed by atoms with E-state index in [1.807, 2.05) is 24.3 Å². The zero-order valence-corrected chi connectivity index (χ0v) is 12.6. The van der Waals surface area contributed by atoms with E-state index in [1.54, 1.807) is 11.8 Å². The van der Waals surface area contributed by atoms with E-state index in [-0.39, 0.29) is 11.8 Å². The highest BCUT2D eigenvalue weighted by molar-refractivity contribution is 7.21. The van der Waals surface area contributed by atoms with Gasteiger partial charge in [-0.3, -0.25) is 9.59 Å². The van der Waals surface area contributed by atoms with Crippen molar-refractivity contribution >= 4 is 38.9 Å². The number of nitrogens with zero attached hydrogens (tertiary/aromatic N) is 1. The van der Waals surface area contributed by atoms with Gasteiger partial charge < -0.3 is 16.4 Å². The van der Waals surface area contributed by atoms with Gasteiger partial charge in [0.1, 0.15) is 4.88 Å². The molecule has 2 aromatic rings. The van der Waals surface area contributed by atoms with Gasteiger partial charge >= 0.3 is 0 Å². The molecule has 2 heterocycles. The topological polar surface area (TPSA) is 89.4 Å². The molecule has 0 aliphatic carbocycles. The van der Waals surface area contributed by atoms with Gasteiger partial charge in [0.15, 0.2) is 0 Å². The van der Waals surface area contributed by atoms with E-state index in [9.17, 15) is 9.59 Å². The lowest BCUT2D eigenvalue weighted by Gasteiger charge is -2.20. The molecular weight excluding hydrogens is 286 g/mol. The van der Waals surface area contributed by atoms with Crippen molar-refractivity contribution in [2.45, 2.75) is 13.3 Å². The molecule has 1 saturated heterocycles. The van der Waals surface area contributed by atoms with Crippen LogP contribution in [0.5, 0.6) is 0 Å². The van der Waals surface area contributed by atoms with Crippen LogP contribution in [0.4, 0.5) is 5.69 Å². The summed E-state index contributed by atoms with van der Waals surface area (Å²) in [5.74, 6) is -0.471. The fourth-order valence-corrected chi connectivity index (χ4v) is 3.79. The third kappa shape index (κ3) is 2.15. The molecule has 4 N–H and O–H groups in total. The molecule has 2 amide bonds. The highest BCUT2D eigenvalue weighted by atomic mass is 32.1. The van der Waals surface area contributed by atoms with Gasteiger partial charge in [-0.25, -0.2) is 0 Å². The van der Waals surface area contributed by atoms with Gasteiger partial charge in [0.05, 0.1) is 11.1 Å². The van der Waals surface area contributed by atoms with Crippen LogP contribution in [0.3, 0.4) is 0 Å². The van der Waals surface area contributed by atoms with Crippen LogP contribution in [0.15, 0.2) is 24.3 Å². The van der Waals surface area contributed by atoms with Crippen LogP contribution in [0.25, 0.3) is 10.1 Å². The Morgan fingerprint density at radius 1 is 1.33 bits per heavy atom. The minimum Gasteiger partial charge on any atom is -0.397 e. The first kappa shape index (κ1) is 13.9. The van der Waals surface area contributed by atoms with Crippen molar-refractivity contribution in [3.8, 4) is 0 Å². The Morgan fingerprint density at radius 2 is 2.05 bits per heavy atom. The summed E-state index contributed by atoms with van der Waals surface area (Å²) in [7, 11) is 0. The zero-order valence-electron chi connectivity index (χ0n) is 11.8. The minimum atomic E-state index is -0.638. The predicted octanol–water partition coefficient (Wildman–Crippen LogP) is 1.82. The summed E-state index contributed by atoms with van der Waals surface area (Å²) in [6.45, 7) is 2.69. The number of rotatable bonds is 2. The number of fused-ring (bicyclic) bond motifs is 1. The van der Waals surface area contributed by atoms with E-state index in [0.29, 0.717) is 30.1 Å². The Kier molecular flexibility index (Phi) is 3.13. The van der Waals surface area contributed by atoms with Crippen LogP contribution in [0.1, 0.15) is 23.0 Å². The number of nitrogen functional groups attached to an aromatic ring is 1. The van der Waals surface area contributed by atoms with Gasteiger partial charge in [-0.1, -0.05) is 18.2 Å². The second kappa shape index (κ2) is 4.73. The molecule has 6 heteroatoms. The molecule has 1 unspecified atom stereocenters. The van der Waals surface area contributed by atoms with E-state index >= 15 is 0 Å². The maximum atomic E-state index is 12.7. The summed E-state index contributed by atoms with van der Waals surface area (Å²) in [4.78, 5) is 26.4. The van der Waals surface area contributed by atoms with E-state index in [1.165, 1.54) is 11.3 Å². The minimum absolute atomic E-state index is 0.112. The third-order valence-corrected chi connectivity index (χ3v) is 5.36. The number of likely N-dealkylation sites (tertiary alicyclic amines) is 1. The number of primary amides is 1. The summed E-state index contributed by atoms with van der Waals surface area (Å²) >= 11 is 1.39. The van der Waals surface area contributed by atoms with Crippen LogP contribution in [0, 0.1) is 5.41 Å². The van der Waals surface area contributed by atoms with Crippen molar-refractivity contribution < 1.29 is 9.59 Å². The molecule has 1 fully saturated rings. The van der Waals surface area contributed by atoms with Gasteiger partial charge in [-0.15, -0.1) is 11.3 Å². The lowest BCUT2D eigenvalue weighted by atomic mass is 9.89. The van der Waals surface area contributed by atoms with E-state index < -0.39 is 5.41 Å². The molecule has 5 nitrogen and oxygen atoms in total. The quantitative estimate of drug-likeness (QED) is 0.886. The second-order valence-electron chi connectivity index (χ2n) is 5.74. The summed E-state index contributed by atoms with van der Waals surface area (Å²) in [5.41, 5.74) is 11.4. The van der Waals surface area contributed by atoms with Crippen LogP contribution in [-0.2, 0) is 4.79 Å². The SMILES string of the molecule is CC1(C(N)=O)CCN(C(=O)c2sc3ccccc3c2N)C1. The van der Waals surface area contributed by atoms with Gasteiger partial charge in [0.25, 0.3) is 5.91 Å². The predicted molar refractivity (Wildman–Crippen MR) is 84.1 cm³/mol. The normalized spacial score (nSPS) is 21.9. The van der Waals surface area contributed by atoms with Gasteiger partial charge in [0, 0.05) is 23.2 Å². The molecule has 1 aliphatic heterocycles. The Bertz CT molecular complexity index is 740. The third-order valence-electron chi connectivity index (χ3n) is 4.18. The molecule has 0 saturated carbocycles. The number of hydrogen-bond acceptors (Lipinski definition) is 4. The number of carbonyl (C=O) groups is 2. The van der Waals surface area contributed by atoms with Crippen LogP contribution in [0.2, 0.25) is 0 Å². The maximum absolute atomic E-state index is 12.7. The molecular formula is C15H17N3O2S. The summed E-state index contributed by atoms with van der Waals surface area (Å²) < 4.78 is 0.996. The largest absolute Gasteiger partial charge is 0.397 e. The van der Waals surface area contributed by atoms with E-state index in [2.05, 4.69) is 0 Å². The molecule has 0 radical (unpaired) electrons. The van der Waals surface area contributed by atoms with Gasteiger partial charge in [-0.05, 0) is 19.4 Å². The molecule has 0 bridgehead atoms. The van der Waals surface area contributed by atoms with Crippen molar-refractivity contribution in [2.24, 2.45) is 11.1 Å². The Balaban J connectivity index is 1.92. The van der Waals surface area contributed by atoms with Crippen molar-refractivity contribution in [1.29, 1.82) is 0 Å². The Labute approximate surface area is 126 Å². The fraction of sp³-hybridized carbons (Fsp3) is 0.333. The molecule has 3 rings (SSSR count). The smallest absolute Gasteiger partial charge is 0.266 e. The molecule has 1 aromatic carbocycles. The average molecular weight is 303 g/mol. The standard InChI is InChI=1S/C15H17N3O2S/c1-15(14(17)20)6-7-18(8-15)13(19)12-11(16)9-4-2-3-5-10(9)21-12/h2-5H,6-8,16H2,1H3,(H2,17,20). The number of thiophene rings is 1. The van der Waals surface area contributed by atoms with Crippen molar-refractivity contribution in [3.05, 3.63) is 29.1 Å². The van der Waals surface area contributed by atoms with Crippen molar-refractivity contribution in [3.63, 3.8) is 0 Å². The molecule has 110 valence electrons. The number of nitrogens with two attached hydrogens (primary N) is 2. The van der Waals surface area contributed by atoms with Crippen LogP contribution >= 0.6 is 11.3 Å². The first-order chi connectivity index (χ1) is 9.92. The zero-order chi connectivity index (χ0) is 15.2. The van der Waals surface area contributed by atoms with Crippen LogP contribution in [-0.4, -0.2) is 29.8 Å². The monoisotopic (exact) mass is 303 g/mol. The summed E-state index contributed by atoms with van der Waals surface area (Å²) in [6, 6.07) is 7.69. The Morgan fingerprint density at radius 3 is 2.67 bits per heavy atom. The molecule has 1 atom stereocenters.